The normalized spacial score (nSPS) is 11.5. The van der Waals surface area contributed by atoms with Gasteiger partial charge in [0.1, 0.15) is 20.2 Å². The molecule has 0 aliphatic carbocycles. The molecule has 0 fully saturated rings. The van der Waals surface area contributed by atoms with Gasteiger partial charge in [-0.3, -0.25) is 0 Å². The molecule has 0 bridgehead atoms. The molecule has 0 saturated carbocycles. The molecule has 0 unspecified atom stereocenters. The molecule has 0 aliphatic heterocycles. The van der Waals surface area contributed by atoms with Crippen LogP contribution in [-0.2, 0) is 20.2 Å². The van der Waals surface area contributed by atoms with E-state index in [2.05, 4.69) is 0 Å². The zero-order valence-electron chi connectivity index (χ0n) is 10.7. The molecule has 96 valence electrons. The summed E-state index contributed by atoms with van der Waals surface area (Å²) in [5.74, 6) is 0. The van der Waals surface area contributed by atoms with Crippen molar-refractivity contribution in [3.8, 4) is 0 Å². The summed E-state index contributed by atoms with van der Waals surface area (Å²) in [6, 6.07) is 6.97. The maximum atomic E-state index is 11.0. The van der Waals surface area contributed by atoms with Gasteiger partial charge in [0.05, 0.1) is 9.79 Å². The van der Waals surface area contributed by atoms with Crippen LogP contribution in [0.1, 0.15) is 0 Å². The largest absolute Gasteiger partial charge is 1.00 e. The van der Waals surface area contributed by atoms with Crippen LogP contribution in [0.3, 0.4) is 0 Å². The summed E-state index contributed by atoms with van der Waals surface area (Å²) in [5.41, 5.74) is 0. The van der Waals surface area contributed by atoms with Crippen molar-refractivity contribution in [1.29, 1.82) is 0 Å². The van der Waals surface area contributed by atoms with Gasteiger partial charge in [0.15, 0.2) is 0 Å². The summed E-state index contributed by atoms with van der Waals surface area (Å²) in [7, 11) is -9.28. The fraction of sp³-hybridized carbons (Fsp3) is 0. The first kappa shape index (κ1) is 20.5. The molecule has 0 radical (unpaired) electrons. The van der Waals surface area contributed by atoms with Gasteiger partial charge in [-0.1, -0.05) is 18.2 Å². The maximum absolute atomic E-state index is 11.0. The first-order valence-corrected chi connectivity index (χ1v) is 7.46. The molecule has 0 N–H and O–H groups in total. The Balaban J connectivity index is 0.00000180. The standard InChI is InChI=1S/C10H8O6S2.2Na/c11-17(12,13)8-4-5-9-7(6-8)2-1-3-10(9)18(14,15)16;;/h1-6H,(H,11,12,13)(H,14,15,16);;/q;2*+1/p-2. The van der Waals surface area contributed by atoms with Crippen LogP contribution in [0.15, 0.2) is 46.2 Å². The molecular formula is C10H6Na2O6S2. The van der Waals surface area contributed by atoms with Gasteiger partial charge in [-0.25, -0.2) is 16.8 Å². The second kappa shape index (κ2) is 7.19. The number of fused-ring (bicyclic) bond motifs is 1. The third kappa shape index (κ3) is 4.51. The minimum absolute atomic E-state index is 0. The molecule has 0 aromatic heterocycles. The van der Waals surface area contributed by atoms with Gasteiger partial charge in [0, 0.05) is 0 Å². The monoisotopic (exact) mass is 332 g/mol. The first-order chi connectivity index (χ1) is 8.19. The molecule has 0 aliphatic rings. The van der Waals surface area contributed by atoms with Crippen LogP contribution >= 0.6 is 0 Å². The molecule has 0 heterocycles. The van der Waals surface area contributed by atoms with Gasteiger partial charge >= 0.3 is 59.1 Å². The van der Waals surface area contributed by atoms with Crippen LogP contribution in [0.5, 0.6) is 0 Å². The van der Waals surface area contributed by atoms with Crippen LogP contribution in [-0.4, -0.2) is 25.9 Å². The van der Waals surface area contributed by atoms with E-state index in [4.69, 9.17) is 0 Å². The molecule has 2 aromatic carbocycles. The van der Waals surface area contributed by atoms with Crippen molar-refractivity contribution in [2.75, 3.05) is 0 Å². The molecule has 0 spiro atoms. The summed E-state index contributed by atoms with van der Waals surface area (Å²) < 4.78 is 65.4. The number of hydrogen-bond donors (Lipinski definition) is 0. The van der Waals surface area contributed by atoms with Gasteiger partial charge in [0.25, 0.3) is 0 Å². The Hall–Kier alpha value is 0.520. The Morgan fingerprint density at radius 2 is 1.40 bits per heavy atom. The van der Waals surface area contributed by atoms with Crippen LogP contribution < -0.4 is 59.1 Å². The number of hydrogen-bond acceptors (Lipinski definition) is 6. The third-order valence-electron chi connectivity index (χ3n) is 2.37. The summed E-state index contributed by atoms with van der Waals surface area (Å²) >= 11 is 0. The summed E-state index contributed by atoms with van der Waals surface area (Å²) in [5, 5.41) is 0.281. The SMILES string of the molecule is O=S(=O)([O-])c1ccc2c(S(=O)(=O)[O-])cccc2c1.[Na+].[Na+]. The summed E-state index contributed by atoms with van der Waals surface area (Å²) in [4.78, 5) is -0.926. The molecule has 2 rings (SSSR count). The average Bonchev–Trinajstić information content (AvgIpc) is 2.25. The van der Waals surface area contributed by atoms with Crippen LogP contribution in [0, 0.1) is 0 Å². The van der Waals surface area contributed by atoms with E-state index in [-0.39, 0.29) is 69.9 Å². The Morgan fingerprint density at radius 1 is 0.800 bits per heavy atom. The first-order valence-electron chi connectivity index (χ1n) is 4.64. The van der Waals surface area contributed by atoms with E-state index in [1.165, 1.54) is 12.1 Å². The van der Waals surface area contributed by atoms with Gasteiger partial charge in [0.2, 0.25) is 0 Å². The van der Waals surface area contributed by atoms with Gasteiger partial charge in [-0.15, -0.1) is 0 Å². The topological polar surface area (TPSA) is 114 Å². The van der Waals surface area contributed by atoms with Crippen LogP contribution in [0.4, 0.5) is 0 Å². The zero-order valence-corrected chi connectivity index (χ0v) is 16.4. The van der Waals surface area contributed by atoms with Crippen molar-refractivity contribution < 1.29 is 85.1 Å². The van der Waals surface area contributed by atoms with Crippen molar-refractivity contribution in [3.05, 3.63) is 36.4 Å². The van der Waals surface area contributed by atoms with Crippen LogP contribution in [0.25, 0.3) is 10.8 Å². The molecule has 0 atom stereocenters. The summed E-state index contributed by atoms with van der Waals surface area (Å²) in [6.07, 6.45) is 0. The molecule has 20 heavy (non-hydrogen) atoms. The molecule has 0 amide bonds. The minimum Gasteiger partial charge on any atom is -0.744 e. The van der Waals surface area contributed by atoms with Crippen molar-refractivity contribution >= 4 is 31.0 Å². The smallest absolute Gasteiger partial charge is 0.744 e. The van der Waals surface area contributed by atoms with E-state index in [1.807, 2.05) is 0 Å². The van der Waals surface area contributed by atoms with Gasteiger partial charge < -0.3 is 9.11 Å². The fourth-order valence-corrected chi connectivity index (χ4v) is 2.81. The predicted molar refractivity (Wildman–Crippen MR) is 59.9 cm³/mol. The Morgan fingerprint density at radius 3 is 1.90 bits per heavy atom. The number of rotatable bonds is 2. The molecule has 2 aromatic rings. The van der Waals surface area contributed by atoms with E-state index in [9.17, 15) is 25.9 Å². The summed E-state index contributed by atoms with van der Waals surface area (Å²) in [6.45, 7) is 0. The second-order valence-electron chi connectivity index (χ2n) is 3.55. The average molecular weight is 332 g/mol. The van der Waals surface area contributed by atoms with Crippen molar-refractivity contribution in [2.24, 2.45) is 0 Å². The van der Waals surface area contributed by atoms with E-state index in [1.54, 1.807) is 0 Å². The van der Waals surface area contributed by atoms with E-state index in [0.29, 0.717) is 0 Å². The van der Waals surface area contributed by atoms with Gasteiger partial charge in [-0.05, 0) is 29.0 Å². The zero-order chi connectivity index (χ0) is 13.6. The van der Waals surface area contributed by atoms with Gasteiger partial charge in [-0.2, -0.15) is 0 Å². The third-order valence-corrected chi connectivity index (χ3v) is 4.10. The van der Waals surface area contributed by atoms with E-state index >= 15 is 0 Å². The second-order valence-corrected chi connectivity index (χ2v) is 6.28. The molecular weight excluding hydrogens is 326 g/mol. The fourth-order valence-electron chi connectivity index (χ4n) is 1.61. The Bertz CT molecular complexity index is 830. The van der Waals surface area contributed by atoms with E-state index < -0.39 is 30.0 Å². The Kier molecular flexibility index (Phi) is 7.37. The van der Waals surface area contributed by atoms with Crippen molar-refractivity contribution in [3.63, 3.8) is 0 Å². The van der Waals surface area contributed by atoms with Crippen LogP contribution in [0.2, 0.25) is 0 Å². The minimum atomic E-state index is -4.66. The van der Waals surface area contributed by atoms with E-state index in [0.717, 1.165) is 24.3 Å². The Labute approximate surface area is 160 Å². The molecule has 0 saturated heterocycles. The van der Waals surface area contributed by atoms with Crippen molar-refractivity contribution in [1.82, 2.24) is 0 Å². The molecule has 6 nitrogen and oxygen atoms in total. The van der Waals surface area contributed by atoms with Crippen molar-refractivity contribution in [2.45, 2.75) is 9.79 Å². The molecule has 10 heteroatoms. The predicted octanol–water partition coefficient (Wildman–Crippen LogP) is -5.34. The number of benzene rings is 2. The quantitative estimate of drug-likeness (QED) is 0.401. The maximum Gasteiger partial charge on any atom is 1.00 e.